The molecule has 128 valence electrons. The first-order chi connectivity index (χ1) is 12.3. The third-order valence-electron chi connectivity index (χ3n) is 5.03. The van der Waals surface area contributed by atoms with Gasteiger partial charge in [0, 0.05) is 25.1 Å². The van der Waals surface area contributed by atoms with E-state index in [4.69, 9.17) is 0 Å². The van der Waals surface area contributed by atoms with Crippen LogP contribution < -0.4 is 0 Å². The van der Waals surface area contributed by atoms with Gasteiger partial charge in [-0.15, -0.1) is 0 Å². The Bertz CT molecular complexity index is 887. The van der Waals surface area contributed by atoms with Crippen molar-refractivity contribution in [3.8, 4) is 0 Å². The van der Waals surface area contributed by atoms with Crippen molar-refractivity contribution >= 4 is 11.4 Å². The molecule has 25 heavy (non-hydrogen) atoms. The lowest BCUT2D eigenvalue weighted by atomic mass is 10.0. The zero-order chi connectivity index (χ0) is 17.2. The van der Waals surface area contributed by atoms with Gasteiger partial charge in [0.25, 0.3) is 5.91 Å². The molecule has 3 aromatic rings. The maximum Gasteiger partial charge on any atom is 0.275 e. The number of aryl methyl sites for hydroxylation is 1. The Balaban J connectivity index is 1.75. The van der Waals surface area contributed by atoms with Gasteiger partial charge < -0.3 is 9.30 Å². The van der Waals surface area contributed by atoms with E-state index in [-0.39, 0.29) is 11.9 Å². The number of hydrogen-bond acceptors (Lipinski definition) is 3. The molecule has 5 heteroatoms. The van der Waals surface area contributed by atoms with Crippen molar-refractivity contribution in [1.82, 2.24) is 19.3 Å². The summed E-state index contributed by atoms with van der Waals surface area (Å²) in [5.74, 6) is 0.870. The maximum atomic E-state index is 13.4. The fourth-order valence-electron chi connectivity index (χ4n) is 3.77. The van der Waals surface area contributed by atoms with Crippen LogP contribution in [0.5, 0.6) is 0 Å². The second-order valence-corrected chi connectivity index (χ2v) is 6.61. The van der Waals surface area contributed by atoms with Crippen LogP contribution in [0.25, 0.3) is 5.52 Å². The van der Waals surface area contributed by atoms with Gasteiger partial charge in [0.05, 0.1) is 11.6 Å². The van der Waals surface area contributed by atoms with E-state index >= 15 is 0 Å². The molecule has 0 aromatic carbocycles. The van der Waals surface area contributed by atoms with Crippen LogP contribution in [0.3, 0.4) is 0 Å². The van der Waals surface area contributed by atoms with E-state index in [2.05, 4.69) is 9.97 Å². The first kappa shape index (κ1) is 15.8. The van der Waals surface area contributed by atoms with Crippen molar-refractivity contribution in [2.75, 3.05) is 6.54 Å². The van der Waals surface area contributed by atoms with Crippen molar-refractivity contribution in [2.24, 2.45) is 0 Å². The van der Waals surface area contributed by atoms with E-state index in [0.717, 1.165) is 49.1 Å². The minimum atomic E-state index is 0.0283. The Labute approximate surface area is 147 Å². The normalized spacial score (nSPS) is 18.3. The molecule has 0 bridgehead atoms. The maximum absolute atomic E-state index is 13.4. The highest BCUT2D eigenvalue weighted by molar-refractivity contribution is 5.99. The fourth-order valence-corrected chi connectivity index (χ4v) is 3.77. The van der Waals surface area contributed by atoms with Crippen LogP contribution >= 0.6 is 0 Å². The molecule has 0 N–H and O–H groups in total. The number of likely N-dealkylation sites (tertiary alicyclic amines) is 1. The molecule has 4 heterocycles. The lowest BCUT2D eigenvalue weighted by Gasteiger charge is -2.30. The van der Waals surface area contributed by atoms with E-state index in [1.54, 1.807) is 12.4 Å². The Morgan fingerprint density at radius 1 is 1.12 bits per heavy atom. The molecule has 1 aliphatic rings. The molecule has 1 amide bonds. The standard InChI is InChI=1S/C20H22N4O/c1-15-22-19(18-8-4-6-13-23(15)18)20(25)24-14-5-2-3-7-17(24)16-9-11-21-12-10-16/h4,6,8-13,17H,2-3,5,7,14H2,1H3/t17-/m0/s1. The molecule has 0 saturated carbocycles. The van der Waals surface area contributed by atoms with Crippen LogP contribution in [0.15, 0.2) is 48.9 Å². The first-order valence-electron chi connectivity index (χ1n) is 8.90. The summed E-state index contributed by atoms with van der Waals surface area (Å²) in [6.45, 7) is 2.71. The van der Waals surface area contributed by atoms with E-state index in [9.17, 15) is 4.79 Å². The number of aromatic nitrogens is 3. The minimum absolute atomic E-state index is 0.0283. The van der Waals surface area contributed by atoms with Crippen LogP contribution in [0.1, 0.15) is 53.6 Å². The zero-order valence-corrected chi connectivity index (χ0v) is 14.4. The summed E-state index contributed by atoms with van der Waals surface area (Å²) >= 11 is 0. The summed E-state index contributed by atoms with van der Waals surface area (Å²) in [5.41, 5.74) is 2.59. The van der Waals surface area contributed by atoms with Crippen LogP contribution in [-0.2, 0) is 0 Å². The molecule has 1 fully saturated rings. The minimum Gasteiger partial charge on any atom is -0.330 e. The van der Waals surface area contributed by atoms with Gasteiger partial charge in [-0.3, -0.25) is 9.78 Å². The predicted octanol–water partition coefficient (Wildman–Crippen LogP) is 3.80. The number of carbonyl (C=O) groups is 1. The van der Waals surface area contributed by atoms with Crippen molar-refractivity contribution < 1.29 is 4.79 Å². The summed E-state index contributed by atoms with van der Waals surface area (Å²) in [5, 5.41) is 0. The molecule has 5 nitrogen and oxygen atoms in total. The smallest absolute Gasteiger partial charge is 0.275 e. The number of pyridine rings is 2. The summed E-state index contributed by atoms with van der Waals surface area (Å²) < 4.78 is 1.98. The van der Waals surface area contributed by atoms with E-state index in [1.165, 1.54) is 0 Å². The number of rotatable bonds is 2. The van der Waals surface area contributed by atoms with Gasteiger partial charge in [-0.05, 0) is 49.6 Å². The van der Waals surface area contributed by atoms with Crippen LogP contribution in [-0.4, -0.2) is 31.7 Å². The third-order valence-corrected chi connectivity index (χ3v) is 5.03. The highest BCUT2D eigenvalue weighted by Crippen LogP contribution is 2.31. The van der Waals surface area contributed by atoms with E-state index < -0.39 is 0 Å². The van der Waals surface area contributed by atoms with Crippen molar-refractivity contribution in [3.63, 3.8) is 0 Å². The zero-order valence-electron chi connectivity index (χ0n) is 14.4. The highest BCUT2D eigenvalue weighted by atomic mass is 16.2. The molecule has 0 spiro atoms. The second-order valence-electron chi connectivity index (χ2n) is 6.61. The molecule has 1 atom stereocenters. The Morgan fingerprint density at radius 3 is 2.80 bits per heavy atom. The molecule has 1 aliphatic heterocycles. The van der Waals surface area contributed by atoms with E-state index in [1.807, 2.05) is 52.8 Å². The predicted molar refractivity (Wildman–Crippen MR) is 96.4 cm³/mol. The summed E-state index contributed by atoms with van der Waals surface area (Å²) in [6, 6.07) is 10.0. The van der Waals surface area contributed by atoms with Crippen molar-refractivity contribution in [3.05, 3.63) is 66.0 Å². The third kappa shape index (κ3) is 2.90. The molecular weight excluding hydrogens is 312 g/mol. The molecule has 1 saturated heterocycles. The van der Waals surface area contributed by atoms with Gasteiger partial charge in [0.1, 0.15) is 5.82 Å². The molecule has 0 unspecified atom stereocenters. The number of imidazole rings is 1. The summed E-state index contributed by atoms with van der Waals surface area (Å²) in [6.07, 6.45) is 9.89. The molecule has 0 aliphatic carbocycles. The Morgan fingerprint density at radius 2 is 1.96 bits per heavy atom. The second kappa shape index (κ2) is 6.67. The van der Waals surface area contributed by atoms with Crippen LogP contribution in [0.2, 0.25) is 0 Å². The number of fused-ring (bicyclic) bond motifs is 1. The van der Waals surface area contributed by atoms with Gasteiger partial charge in [-0.2, -0.15) is 0 Å². The van der Waals surface area contributed by atoms with Gasteiger partial charge in [-0.25, -0.2) is 4.98 Å². The molecule has 4 rings (SSSR count). The highest BCUT2D eigenvalue weighted by Gasteiger charge is 2.30. The fraction of sp³-hybridized carbons (Fsp3) is 0.350. The monoisotopic (exact) mass is 334 g/mol. The average molecular weight is 334 g/mol. The van der Waals surface area contributed by atoms with Crippen LogP contribution in [0.4, 0.5) is 0 Å². The lowest BCUT2D eigenvalue weighted by molar-refractivity contribution is 0.0677. The Kier molecular flexibility index (Phi) is 4.22. The summed E-state index contributed by atoms with van der Waals surface area (Å²) in [7, 11) is 0. The molecule has 3 aromatic heterocycles. The van der Waals surface area contributed by atoms with Gasteiger partial charge in [0.15, 0.2) is 5.69 Å². The van der Waals surface area contributed by atoms with Crippen molar-refractivity contribution in [2.45, 2.75) is 38.6 Å². The molecule has 0 radical (unpaired) electrons. The first-order valence-corrected chi connectivity index (χ1v) is 8.90. The largest absolute Gasteiger partial charge is 0.330 e. The topological polar surface area (TPSA) is 50.5 Å². The number of carbonyl (C=O) groups excluding carboxylic acids is 1. The summed E-state index contributed by atoms with van der Waals surface area (Å²) in [4.78, 5) is 24.1. The van der Waals surface area contributed by atoms with Crippen molar-refractivity contribution in [1.29, 1.82) is 0 Å². The Hall–Kier alpha value is -2.69. The average Bonchev–Trinajstić information content (AvgIpc) is 2.84. The number of hydrogen-bond donors (Lipinski definition) is 0. The molecular formula is C20H22N4O. The van der Waals surface area contributed by atoms with Gasteiger partial charge in [-0.1, -0.05) is 18.9 Å². The van der Waals surface area contributed by atoms with Gasteiger partial charge in [0.2, 0.25) is 0 Å². The SMILES string of the molecule is Cc1nc(C(=O)N2CCCCC[C@H]2c2ccncc2)c2ccccn12. The quantitative estimate of drug-likeness (QED) is 0.716. The number of amides is 1. The van der Waals surface area contributed by atoms with Crippen LogP contribution in [0, 0.1) is 6.92 Å². The lowest BCUT2D eigenvalue weighted by Crippen LogP contribution is -2.35. The number of nitrogens with zero attached hydrogens (tertiary/aromatic N) is 4. The van der Waals surface area contributed by atoms with E-state index in [0.29, 0.717) is 5.69 Å². The van der Waals surface area contributed by atoms with Gasteiger partial charge >= 0.3 is 0 Å².